The lowest BCUT2D eigenvalue weighted by Gasteiger charge is -2.34. The van der Waals surface area contributed by atoms with E-state index in [-0.39, 0.29) is 17.9 Å². The molecule has 0 bridgehead atoms. The van der Waals surface area contributed by atoms with Crippen molar-refractivity contribution >= 4 is 23.6 Å². The summed E-state index contributed by atoms with van der Waals surface area (Å²) in [4.78, 5) is 29.4. The second-order valence-corrected chi connectivity index (χ2v) is 7.96. The SMILES string of the molecule is Cc1ccc(SCC(=O)N2CCN(CC(=O)NC(C)C)CC2)cc1C. The molecule has 138 valence electrons. The van der Waals surface area contributed by atoms with E-state index < -0.39 is 0 Å². The average molecular weight is 364 g/mol. The summed E-state index contributed by atoms with van der Waals surface area (Å²) in [5, 5.41) is 2.91. The second-order valence-electron chi connectivity index (χ2n) is 6.91. The van der Waals surface area contributed by atoms with Crippen LogP contribution in [-0.2, 0) is 9.59 Å². The van der Waals surface area contributed by atoms with Crippen LogP contribution in [-0.4, -0.2) is 66.1 Å². The molecule has 1 heterocycles. The largest absolute Gasteiger partial charge is 0.353 e. The Morgan fingerprint density at radius 3 is 2.40 bits per heavy atom. The summed E-state index contributed by atoms with van der Waals surface area (Å²) < 4.78 is 0. The van der Waals surface area contributed by atoms with Crippen molar-refractivity contribution in [1.82, 2.24) is 15.1 Å². The van der Waals surface area contributed by atoms with Gasteiger partial charge in [0, 0.05) is 37.1 Å². The van der Waals surface area contributed by atoms with Crippen LogP contribution in [0.3, 0.4) is 0 Å². The second kappa shape index (κ2) is 9.25. The lowest BCUT2D eigenvalue weighted by Crippen LogP contribution is -2.51. The molecule has 0 aliphatic carbocycles. The van der Waals surface area contributed by atoms with E-state index in [2.05, 4.69) is 42.3 Å². The molecule has 25 heavy (non-hydrogen) atoms. The summed E-state index contributed by atoms with van der Waals surface area (Å²) >= 11 is 1.59. The van der Waals surface area contributed by atoms with Crippen molar-refractivity contribution in [3.8, 4) is 0 Å². The molecule has 1 N–H and O–H groups in total. The Kier molecular flexibility index (Phi) is 7.32. The number of benzene rings is 1. The number of piperazine rings is 1. The van der Waals surface area contributed by atoms with Gasteiger partial charge in [0.2, 0.25) is 11.8 Å². The van der Waals surface area contributed by atoms with E-state index in [1.54, 1.807) is 11.8 Å². The maximum Gasteiger partial charge on any atom is 0.234 e. The predicted molar refractivity (Wildman–Crippen MR) is 103 cm³/mol. The van der Waals surface area contributed by atoms with Crippen LogP contribution in [0, 0.1) is 13.8 Å². The van der Waals surface area contributed by atoms with E-state index in [1.807, 2.05) is 18.7 Å². The van der Waals surface area contributed by atoms with Crippen molar-refractivity contribution in [2.24, 2.45) is 0 Å². The molecule has 0 atom stereocenters. The van der Waals surface area contributed by atoms with Crippen molar-refractivity contribution in [2.75, 3.05) is 38.5 Å². The summed E-state index contributed by atoms with van der Waals surface area (Å²) in [6, 6.07) is 6.48. The van der Waals surface area contributed by atoms with Crippen molar-refractivity contribution in [1.29, 1.82) is 0 Å². The van der Waals surface area contributed by atoms with Crippen LogP contribution in [0.5, 0.6) is 0 Å². The van der Waals surface area contributed by atoms with Gasteiger partial charge in [-0.15, -0.1) is 11.8 Å². The molecule has 1 aliphatic heterocycles. The Hall–Kier alpha value is -1.53. The Bertz CT molecular complexity index is 611. The zero-order chi connectivity index (χ0) is 18.4. The molecule has 2 amide bonds. The predicted octanol–water partition coefficient (Wildman–Crippen LogP) is 2.06. The highest BCUT2D eigenvalue weighted by Gasteiger charge is 2.22. The summed E-state index contributed by atoms with van der Waals surface area (Å²) in [6.45, 7) is 11.4. The third-order valence-electron chi connectivity index (χ3n) is 4.38. The molecule has 0 radical (unpaired) electrons. The zero-order valence-electron chi connectivity index (χ0n) is 15.7. The molecule has 0 saturated carbocycles. The molecule has 0 unspecified atom stereocenters. The summed E-state index contributed by atoms with van der Waals surface area (Å²) in [5.74, 6) is 0.700. The first-order valence-electron chi connectivity index (χ1n) is 8.84. The van der Waals surface area contributed by atoms with Gasteiger partial charge in [0.05, 0.1) is 12.3 Å². The number of carbonyl (C=O) groups excluding carboxylic acids is 2. The number of carbonyl (C=O) groups is 2. The fourth-order valence-corrected chi connectivity index (χ4v) is 3.66. The Morgan fingerprint density at radius 2 is 1.80 bits per heavy atom. The normalized spacial score (nSPS) is 15.5. The first-order valence-corrected chi connectivity index (χ1v) is 9.83. The number of rotatable bonds is 6. The Morgan fingerprint density at radius 1 is 1.12 bits per heavy atom. The minimum absolute atomic E-state index is 0.0556. The first-order chi connectivity index (χ1) is 11.8. The average Bonchev–Trinajstić information content (AvgIpc) is 2.55. The quantitative estimate of drug-likeness (QED) is 0.786. The first kappa shape index (κ1) is 19.8. The van der Waals surface area contributed by atoms with E-state index >= 15 is 0 Å². The number of hydrogen-bond acceptors (Lipinski definition) is 4. The van der Waals surface area contributed by atoms with Gasteiger partial charge in [-0.05, 0) is 51.0 Å². The lowest BCUT2D eigenvalue weighted by atomic mass is 10.1. The molecule has 1 aliphatic rings. The van der Waals surface area contributed by atoms with E-state index in [4.69, 9.17) is 0 Å². The third-order valence-corrected chi connectivity index (χ3v) is 5.36. The van der Waals surface area contributed by atoms with Crippen LogP contribution in [0.1, 0.15) is 25.0 Å². The van der Waals surface area contributed by atoms with Crippen molar-refractivity contribution in [2.45, 2.75) is 38.6 Å². The van der Waals surface area contributed by atoms with Gasteiger partial charge in [-0.1, -0.05) is 6.07 Å². The molecule has 0 spiro atoms. The van der Waals surface area contributed by atoms with Crippen molar-refractivity contribution in [3.63, 3.8) is 0 Å². The number of nitrogens with zero attached hydrogens (tertiary/aromatic N) is 2. The van der Waals surface area contributed by atoms with Gasteiger partial charge >= 0.3 is 0 Å². The molecule has 6 heteroatoms. The van der Waals surface area contributed by atoms with Crippen LogP contribution >= 0.6 is 11.8 Å². The number of thioether (sulfide) groups is 1. The standard InChI is InChI=1S/C19H29N3O2S/c1-14(2)20-18(23)12-21-7-9-22(10-8-21)19(24)13-25-17-6-5-15(3)16(4)11-17/h5-6,11,14H,7-10,12-13H2,1-4H3,(H,20,23). The molecule has 1 saturated heterocycles. The molecular weight excluding hydrogens is 334 g/mol. The van der Waals surface area contributed by atoms with Crippen LogP contribution in [0.25, 0.3) is 0 Å². The number of nitrogens with one attached hydrogen (secondary N) is 1. The molecule has 5 nitrogen and oxygen atoms in total. The fraction of sp³-hybridized carbons (Fsp3) is 0.579. The molecule has 2 rings (SSSR count). The molecule has 1 fully saturated rings. The van der Waals surface area contributed by atoms with Crippen molar-refractivity contribution in [3.05, 3.63) is 29.3 Å². The highest BCUT2D eigenvalue weighted by Crippen LogP contribution is 2.21. The Balaban J connectivity index is 1.73. The van der Waals surface area contributed by atoms with Gasteiger partial charge in [-0.3, -0.25) is 14.5 Å². The van der Waals surface area contributed by atoms with Gasteiger partial charge in [-0.25, -0.2) is 0 Å². The highest BCUT2D eigenvalue weighted by atomic mass is 32.2. The maximum atomic E-state index is 12.4. The van der Waals surface area contributed by atoms with E-state index in [0.29, 0.717) is 25.4 Å². The van der Waals surface area contributed by atoms with Gasteiger partial charge in [0.25, 0.3) is 0 Å². The van der Waals surface area contributed by atoms with E-state index in [1.165, 1.54) is 11.1 Å². The van der Waals surface area contributed by atoms with Crippen LogP contribution in [0.4, 0.5) is 0 Å². The number of hydrogen-bond donors (Lipinski definition) is 1. The van der Waals surface area contributed by atoms with Crippen molar-refractivity contribution < 1.29 is 9.59 Å². The van der Waals surface area contributed by atoms with Crippen LogP contribution < -0.4 is 5.32 Å². The highest BCUT2D eigenvalue weighted by molar-refractivity contribution is 8.00. The zero-order valence-corrected chi connectivity index (χ0v) is 16.5. The van der Waals surface area contributed by atoms with Gasteiger partial charge in [0.1, 0.15) is 0 Å². The Labute approximate surface area is 155 Å². The number of amides is 2. The summed E-state index contributed by atoms with van der Waals surface area (Å²) in [5.41, 5.74) is 2.53. The van der Waals surface area contributed by atoms with Crippen LogP contribution in [0.2, 0.25) is 0 Å². The monoisotopic (exact) mass is 363 g/mol. The fourth-order valence-electron chi connectivity index (χ4n) is 2.77. The van der Waals surface area contributed by atoms with Crippen LogP contribution in [0.15, 0.2) is 23.1 Å². The molecule has 1 aromatic carbocycles. The smallest absolute Gasteiger partial charge is 0.234 e. The lowest BCUT2D eigenvalue weighted by molar-refractivity contribution is -0.130. The summed E-state index contributed by atoms with van der Waals surface area (Å²) in [6.07, 6.45) is 0. The van der Waals surface area contributed by atoms with Gasteiger partial charge in [0.15, 0.2) is 0 Å². The molecule has 0 aromatic heterocycles. The minimum Gasteiger partial charge on any atom is -0.353 e. The third kappa shape index (κ3) is 6.36. The number of aryl methyl sites for hydroxylation is 2. The van der Waals surface area contributed by atoms with Gasteiger partial charge in [-0.2, -0.15) is 0 Å². The minimum atomic E-state index is 0.0556. The molecule has 1 aromatic rings. The topological polar surface area (TPSA) is 52.7 Å². The van der Waals surface area contributed by atoms with E-state index in [9.17, 15) is 9.59 Å². The molecular formula is C19H29N3O2S. The van der Waals surface area contributed by atoms with Gasteiger partial charge < -0.3 is 10.2 Å². The summed E-state index contributed by atoms with van der Waals surface area (Å²) in [7, 11) is 0. The van der Waals surface area contributed by atoms with E-state index in [0.717, 1.165) is 18.0 Å². The maximum absolute atomic E-state index is 12.4.